The number of hydrogen-bond donors (Lipinski definition) is 1. The molecule has 0 aliphatic carbocycles. The second-order valence-corrected chi connectivity index (χ2v) is 4.18. The number of fused-ring (bicyclic) bond motifs is 1. The van der Waals surface area contributed by atoms with Crippen molar-refractivity contribution in [3.63, 3.8) is 0 Å². The van der Waals surface area contributed by atoms with Crippen molar-refractivity contribution in [2.75, 3.05) is 5.73 Å². The molecule has 0 fully saturated rings. The summed E-state index contributed by atoms with van der Waals surface area (Å²) in [4.78, 5) is 12.7. The fourth-order valence-corrected chi connectivity index (χ4v) is 1.88. The van der Waals surface area contributed by atoms with Crippen LogP contribution in [0.4, 0.5) is 5.82 Å². The van der Waals surface area contributed by atoms with Gasteiger partial charge in [0, 0.05) is 18.0 Å². The van der Waals surface area contributed by atoms with Crippen LogP contribution < -0.4 is 5.73 Å². The molecule has 0 atom stereocenters. The van der Waals surface area contributed by atoms with Crippen molar-refractivity contribution in [2.45, 2.75) is 0 Å². The third-order valence-corrected chi connectivity index (χ3v) is 2.87. The summed E-state index contributed by atoms with van der Waals surface area (Å²) in [5.41, 5.74) is 8.07. The number of nitrogen functional groups attached to an aromatic ring is 1. The number of aromatic nitrogens is 6. The smallest absolute Gasteiger partial charge is 0.284 e. The second kappa shape index (κ2) is 4.34. The van der Waals surface area contributed by atoms with E-state index in [-0.39, 0.29) is 17.4 Å². The Hall–Kier alpha value is -3.36. The van der Waals surface area contributed by atoms with E-state index in [1.165, 1.54) is 0 Å². The summed E-state index contributed by atoms with van der Waals surface area (Å²) >= 11 is 0. The molecule has 0 amide bonds. The van der Waals surface area contributed by atoms with Crippen LogP contribution in [0.15, 0.2) is 39.7 Å². The molecule has 0 saturated carbocycles. The molecule has 0 unspecified atom stereocenters. The van der Waals surface area contributed by atoms with E-state index in [1.54, 1.807) is 12.4 Å². The van der Waals surface area contributed by atoms with Gasteiger partial charge in [-0.15, -0.1) is 0 Å². The third kappa shape index (κ3) is 1.87. The number of nitrogens with zero attached hydrogens (tertiary/aromatic N) is 6. The van der Waals surface area contributed by atoms with Crippen LogP contribution in [0.25, 0.3) is 34.0 Å². The molecule has 0 saturated heterocycles. The standard InChI is InChI=1S/C12H7N7O2/c13-10-9(17-21-18-10)12-16-11(19-20-12)6-1-2-7-8(5-6)15-4-3-14-7/h1-5H,(H2,13,18). The Labute approximate surface area is 116 Å². The maximum atomic E-state index is 5.58. The van der Waals surface area contributed by atoms with Gasteiger partial charge >= 0.3 is 0 Å². The molecular formula is C12H7N7O2. The molecule has 21 heavy (non-hydrogen) atoms. The highest BCUT2D eigenvalue weighted by Crippen LogP contribution is 2.25. The van der Waals surface area contributed by atoms with Crippen LogP contribution >= 0.6 is 0 Å². The zero-order chi connectivity index (χ0) is 14.2. The van der Waals surface area contributed by atoms with Gasteiger partial charge in [0.25, 0.3) is 5.89 Å². The van der Waals surface area contributed by atoms with Crippen molar-refractivity contribution in [3.8, 4) is 23.0 Å². The number of anilines is 1. The van der Waals surface area contributed by atoms with Gasteiger partial charge in [0.05, 0.1) is 11.0 Å². The Morgan fingerprint density at radius 3 is 2.62 bits per heavy atom. The zero-order valence-corrected chi connectivity index (χ0v) is 10.5. The van der Waals surface area contributed by atoms with Gasteiger partial charge in [-0.1, -0.05) is 5.16 Å². The molecule has 4 aromatic rings. The minimum atomic E-state index is 0.0922. The fourth-order valence-electron chi connectivity index (χ4n) is 1.88. The lowest BCUT2D eigenvalue weighted by atomic mass is 10.2. The lowest BCUT2D eigenvalue weighted by Crippen LogP contribution is -1.89. The predicted octanol–water partition coefficient (Wildman–Crippen LogP) is 1.31. The molecule has 9 heteroatoms. The molecule has 3 aromatic heterocycles. The molecule has 0 spiro atoms. The Kier molecular flexibility index (Phi) is 2.37. The minimum Gasteiger partial charge on any atom is -0.379 e. The Morgan fingerprint density at radius 2 is 1.81 bits per heavy atom. The molecule has 9 nitrogen and oxygen atoms in total. The maximum Gasteiger partial charge on any atom is 0.284 e. The molecule has 102 valence electrons. The number of nitrogens with two attached hydrogens (primary N) is 1. The van der Waals surface area contributed by atoms with E-state index in [4.69, 9.17) is 10.3 Å². The van der Waals surface area contributed by atoms with Gasteiger partial charge in [-0.2, -0.15) is 4.98 Å². The first-order valence-corrected chi connectivity index (χ1v) is 5.94. The van der Waals surface area contributed by atoms with Crippen LogP contribution in [0.3, 0.4) is 0 Å². The monoisotopic (exact) mass is 281 g/mol. The third-order valence-electron chi connectivity index (χ3n) is 2.87. The molecule has 0 aliphatic heterocycles. The summed E-state index contributed by atoms with van der Waals surface area (Å²) < 4.78 is 9.62. The second-order valence-electron chi connectivity index (χ2n) is 4.18. The van der Waals surface area contributed by atoms with Gasteiger partial charge in [-0.3, -0.25) is 9.97 Å². The molecule has 2 N–H and O–H groups in total. The van der Waals surface area contributed by atoms with Crippen LogP contribution in [0.5, 0.6) is 0 Å². The van der Waals surface area contributed by atoms with E-state index >= 15 is 0 Å². The van der Waals surface area contributed by atoms with Gasteiger partial charge in [-0.05, 0) is 28.5 Å². The van der Waals surface area contributed by atoms with Gasteiger partial charge in [0.1, 0.15) is 0 Å². The quantitative estimate of drug-likeness (QED) is 0.577. The Morgan fingerprint density at radius 1 is 0.952 bits per heavy atom. The number of benzene rings is 1. The highest BCUT2D eigenvalue weighted by molar-refractivity contribution is 5.79. The van der Waals surface area contributed by atoms with Gasteiger partial charge in [0.15, 0.2) is 0 Å². The molecule has 0 bridgehead atoms. The molecule has 0 aliphatic rings. The molecule has 0 radical (unpaired) electrons. The van der Waals surface area contributed by atoms with Gasteiger partial charge in [0.2, 0.25) is 17.3 Å². The summed E-state index contributed by atoms with van der Waals surface area (Å²) in [6.07, 6.45) is 3.25. The van der Waals surface area contributed by atoms with Crippen molar-refractivity contribution >= 4 is 16.9 Å². The van der Waals surface area contributed by atoms with Crippen molar-refractivity contribution in [1.82, 2.24) is 30.4 Å². The largest absolute Gasteiger partial charge is 0.379 e. The maximum absolute atomic E-state index is 5.58. The van der Waals surface area contributed by atoms with Crippen LogP contribution in [-0.2, 0) is 0 Å². The van der Waals surface area contributed by atoms with E-state index in [9.17, 15) is 0 Å². The number of hydrogen-bond acceptors (Lipinski definition) is 9. The highest BCUT2D eigenvalue weighted by atomic mass is 16.6. The predicted molar refractivity (Wildman–Crippen MR) is 70.5 cm³/mol. The highest BCUT2D eigenvalue weighted by Gasteiger charge is 2.18. The first kappa shape index (κ1) is 11.5. The molecule has 3 heterocycles. The van der Waals surface area contributed by atoms with E-state index in [2.05, 4.69) is 35.1 Å². The first-order valence-electron chi connectivity index (χ1n) is 5.94. The summed E-state index contributed by atoms with van der Waals surface area (Å²) in [7, 11) is 0. The van der Waals surface area contributed by atoms with E-state index in [0.29, 0.717) is 5.82 Å². The topological polar surface area (TPSA) is 130 Å². The normalized spacial score (nSPS) is 11.0. The van der Waals surface area contributed by atoms with Crippen LogP contribution in [0.1, 0.15) is 0 Å². The lowest BCUT2D eigenvalue weighted by molar-refractivity contribution is 0.308. The summed E-state index contributed by atoms with van der Waals surface area (Å²) in [5, 5.41) is 11.0. The zero-order valence-electron chi connectivity index (χ0n) is 10.5. The minimum absolute atomic E-state index is 0.0922. The van der Waals surface area contributed by atoms with Crippen molar-refractivity contribution in [1.29, 1.82) is 0 Å². The summed E-state index contributed by atoms with van der Waals surface area (Å²) in [5.74, 6) is 0.623. The average molecular weight is 281 g/mol. The number of rotatable bonds is 2. The summed E-state index contributed by atoms with van der Waals surface area (Å²) in [6.45, 7) is 0. The van der Waals surface area contributed by atoms with Crippen LogP contribution in [0.2, 0.25) is 0 Å². The molecule has 4 rings (SSSR count). The van der Waals surface area contributed by atoms with E-state index in [1.807, 2.05) is 18.2 Å². The van der Waals surface area contributed by atoms with Crippen molar-refractivity contribution in [2.24, 2.45) is 0 Å². The van der Waals surface area contributed by atoms with Gasteiger partial charge in [-0.25, -0.2) is 4.63 Å². The Bertz CT molecular complexity index is 930. The first-order chi connectivity index (χ1) is 10.3. The van der Waals surface area contributed by atoms with Crippen molar-refractivity contribution < 1.29 is 9.15 Å². The summed E-state index contributed by atoms with van der Waals surface area (Å²) in [6, 6.07) is 5.48. The van der Waals surface area contributed by atoms with E-state index in [0.717, 1.165) is 16.6 Å². The molecule has 1 aromatic carbocycles. The molecular weight excluding hydrogens is 274 g/mol. The fraction of sp³-hybridized carbons (Fsp3) is 0. The SMILES string of the molecule is Nc1nonc1-c1nc(-c2ccc3nccnc3c2)no1. The van der Waals surface area contributed by atoms with Gasteiger partial charge < -0.3 is 10.3 Å². The van der Waals surface area contributed by atoms with Crippen LogP contribution in [0, 0.1) is 0 Å². The van der Waals surface area contributed by atoms with Crippen molar-refractivity contribution in [3.05, 3.63) is 30.6 Å². The average Bonchev–Trinajstić information content (AvgIpc) is 3.15. The van der Waals surface area contributed by atoms with E-state index < -0.39 is 0 Å². The lowest BCUT2D eigenvalue weighted by Gasteiger charge is -1.97. The van der Waals surface area contributed by atoms with Crippen LogP contribution in [-0.4, -0.2) is 30.4 Å². The Balaban J connectivity index is 1.79.